The number of nitrogens with one attached hydrogen (secondary N) is 1. The van der Waals surface area contributed by atoms with Gasteiger partial charge in [-0.15, -0.1) is 0 Å². The zero-order valence-electron chi connectivity index (χ0n) is 10.8. The van der Waals surface area contributed by atoms with E-state index in [9.17, 15) is 4.39 Å². The molecule has 0 heterocycles. The van der Waals surface area contributed by atoms with E-state index in [0.717, 1.165) is 5.69 Å². The minimum Gasteiger partial charge on any atom is -0.495 e. The lowest BCUT2D eigenvalue weighted by Gasteiger charge is -2.10. The summed E-state index contributed by atoms with van der Waals surface area (Å²) in [5.74, 6) is 0.195. The van der Waals surface area contributed by atoms with Crippen molar-refractivity contribution >= 4 is 17.3 Å². The summed E-state index contributed by atoms with van der Waals surface area (Å²) in [5, 5.41) is 12.4. The van der Waals surface area contributed by atoms with Gasteiger partial charge in [0, 0.05) is 23.9 Å². The van der Waals surface area contributed by atoms with E-state index in [1.807, 2.05) is 6.07 Å². The normalized spacial score (nSPS) is 9.90. The molecule has 0 radical (unpaired) electrons. The van der Waals surface area contributed by atoms with Gasteiger partial charge in [0.05, 0.1) is 23.8 Å². The van der Waals surface area contributed by atoms with Gasteiger partial charge in [0.25, 0.3) is 0 Å². The molecule has 0 fully saturated rings. The van der Waals surface area contributed by atoms with Crippen LogP contribution in [0.1, 0.15) is 11.1 Å². The van der Waals surface area contributed by atoms with Crippen LogP contribution in [-0.4, -0.2) is 7.11 Å². The maximum Gasteiger partial charge on any atom is 0.139 e. The molecule has 0 bridgehead atoms. The van der Waals surface area contributed by atoms with E-state index in [1.165, 1.54) is 25.3 Å². The van der Waals surface area contributed by atoms with Gasteiger partial charge in [0.15, 0.2) is 0 Å². The summed E-state index contributed by atoms with van der Waals surface area (Å²) in [6, 6.07) is 11.5. The van der Waals surface area contributed by atoms with E-state index in [1.54, 1.807) is 18.2 Å². The van der Waals surface area contributed by atoms with Gasteiger partial charge < -0.3 is 10.1 Å². The van der Waals surface area contributed by atoms with Crippen molar-refractivity contribution in [3.05, 3.63) is 58.4 Å². The van der Waals surface area contributed by atoms with Crippen LogP contribution >= 0.6 is 11.6 Å². The summed E-state index contributed by atoms with van der Waals surface area (Å²) < 4.78 is 18.7. The second-order valence-electron chi connectivity index (χ2n) is 4.12. The van der Waals surface area contributed by atoms with Crippen LogP contribution in [0.3, 0.4) is 0 Å². The Morgan fingerprint density at radius 2 is 2.10 bits per heavy atom. The van der Waals surface area contributed by atoms with Crippen LogP contribution in [0.15, 0.2) is 36.4 Å². The largest absolute Gasteiger partial charge is 0.495 e. The SMILES string of the molecule is COc1cc(NCc2cc(C#N)ccc2F)ccc1Cl. The zero-order valence-corrected chi connectivity index (χ0v) is 11.5. The molecule has 2 rings (SSSR count). The fourth-order valence-electron chi connectivity index (χ4n) is 1.75. The Morgan fingerprint density at radius 1 is 1.30 bits per heavy atom. The number of nitriles is 1. The molecule has 0 aliphatic heterocycles. The van der Waals surface area contributed by atoms with Crippen molar-refractivity contribution in [3.8, 4) is 11.8 Å². The molecular weight excluding hydrogens is 279 g/mol. The fourth-order valence-corrected chi connectivity index (χ4v) is 1.94. The van der Waals surface area contributed by atoms with E-state index < -0.39 is 0 Å². The first-order valence-electron chi connectivity index (χ1n) is 5.90. The van der Waals surface area contributed by atoms with Gasteiger partial charge in [-0.2, -0.15) is 5.26 Å². The summed E-state index contributed by atoms with van der Waals surface area (Å²) in [7, 11) is 1.53. The molecule has 0 unspecified atom stereocenters. The molecule has 1 N–H and O–H groups in total. The molecule has 20 heavy (non-hydrogen) atoms. The van der Waals surface area contributed by atoms with Crippen molar-refractivity contribution in [2.24, 2.45) is 0 Å². The van der Waals surface area contributed by atoms with Gasteiger partial charge in [-0.3, -0.25) is 0 Å². The molecule has 2 aromatic rings. The Kier molecular flexibility index (Phi) is 4.44. The monoisotopic (exact) mass is 290 g/mol. The standard InChI is InChI=1S/C15H12ClFN2O/c1-20-15-7-12(3-4-13(15)16)19-9-11-6-10(8-18)2-5-14(11)17/h2-7,19H,9H2,1H3. The summed E-state index contributed by atoms with van der Waals surface area (Å²) >= 11 is 5.93. The lowest BCUT2D eigenvalue weighted by atomic mass is 10.1. The van der Waals surface area contributed by atoms with Crippen LogP contribution in [0.4, 0.5) is 10.1 Å². The van der Waals surface area contributed by atoms with Gasteiger partial charge >= 0.3 is 0 Å². The summed E-state index contributed by atoms with van der Waals surface area (Å²) in [5.41, 5.74) is 1.61. The lowest BCUT2D eigenvalue weighted by Crippen LogP contribution is -2.02. The highest BCUT2D eigenvalue weighted by atomic mass is 35.5. The second-order valence-corrected chi connectivity index (χ2v) is 4.53. The van der Waals surface area contributed by atoms with Crippen molar-refractivity contribution in [1.82, 2.24) is 0 Å². The highest BCUT2D eigenvalue weighted by molar-refractivity contribution is 6.32. The first-order valence-corrected chi connectivity index (χ1v) is 6.28. The second kappa shape index (κ2) is 6.27. The third kappa shape index (κ3) is 3.19. The number of rotatable bonds is 4. The number of methoxy groups -OCH3 is 1. The Labute approximate surface area is 121 Å². The lowest BCUT2D eigenvalue weighted by molar-refractivity contribution is 0.415. The zero-order chi connectivity index (χ0) is 14.5. The maximum atomic E-state index is 13.6. The molecule has 0 spiro atoms. The van der Waals surface area contributed by atoms with Gasteiger partial charge in [-0.05, 0) is 30.3 Å². The van der Waals surface area contributed by atoms with Crippen molar-refractivity contribution in [1.29, 1.82) is 5.26 Å². The van der Waals surface area contributed by atoms with E-state index >= 15 is 0 Å². The number of ether oxygens (including phenoxy) is 1. The molecule has 3 nitrogen and oxygen atoms in total. The minimum atomic E-state index is -0.350. The molecule has 2 aromatic carbocycles. The molecule has 0 amide bonds. The van der Waals surface area contributed by atoms with E-state index in [4.69, 9.17) is 21.6 Å². The number of benzene rings is 2. The third-order valence-electron chi connectivity index (χ3n) is 2.81. The summed E-state index contributed by atoms with van der Waals surface area (Å²) in [6.45, 7) is 0.270. The molecule has 0 saturated carbocycles. The molecule has 5 heteroatoms. The fraction of sp³-hybridized carbons (Fsp3) is 0.133. The highest BCUT2D eigenvalue weighted by Crippen LogP contribution is 2.27. The number of anilines is 1. The maximum absolute atomic E-state index is 13.6. The van der Waals surface area contributed by atoms with Crippen molar-refractivity contribution in [3.63, 3.8) is 0 Å². The quantitative estimate of drug-likeness (QED) is 0.926. The summed E-state index contributed by atoms with van der Waals surface area (Å²) in [6.07, 6.45) is 0. The average molecular weight is 291 g/mol. The van der Waals surface area contributed by atoms with Gasteiger partial charge in [0.1, 0.15) is 11.6 Å². The predicted molar refractivity (Wildman–Crippen MR) is 76.4 cm³/mol. The van der Waals surface area contributed by atoms with Crippen molar-refractivity contribution in [2.75, 3.05) is 12.4 Å². The van der Waals surface area contributed by atoms with E-state index in [0.29, 0.717) is 21.9 Å². The van der Waals surface area contributed by atoms with Gasteiger partial charge in [-0.25, -0.2) is 4.39 Å². The van der Waals surface area contributed by atoms with Gasteiger partial charge in [0.2, 0.25) is 0 Å². The highest BCUT2D eigenvalue weighted by Gasteiger charge is 2.05. The van der Waals surface area contributed by atoms with Crippen LogP contribution in [0, 0.1) is 17.1 Å². The van der Waals surface area contributed by atoms with Crippen LogP contribution in [0.2, 0.25) is 5.02 Å². The number of hydrogen-bond acceptors (Lipinski definition) is 3. The Morgan fingerprint density at radius 3 is 2.80 bits per heavy atom. The molecule has 0 aliphatic carbocycles. The first kappa shape index (κ1) is 14.2. The Balaban J connectivity index is 2.15. The third-order valence-corrected chi connectivity index (χ3v) is 3.12. The Bertz CT molecular complexity index is 667. The average Bonchev–Trinajstić information content (AvgIpc) is 2.47. The van der Waals surface area contributed by atoms with Crippen molar-refractivity contribution in [2.45, 2.75) is 6.54 Å². The van der Waals surface area contributed by atoms with Crippen LogP contribution in [0.5, 0.6) is 5.75 Å². The topological polar surface area (TPSA) is 45.0 Å². The van der Waals surface area contributed by atoms with E-state index in [2.05, 4.69) is 5.32 Å². The van der Waals surface area contributed by atoms with E-state index in [-0.39, 0.29) is 12.4 Å². The predicted octanol–water partition coefficient (Wildman–Crippen LogP) is 3.97. The minimum absolute atomic E-state index is 0.270. The number of halogens is 2. The van der Waals surface area contributed by atoms with Crippen LogP contribution < -0.4 is 10.1 Å². The number of hydrogen-bond donors (Lipinski definition) is 1. The first-order chi connectivity index (χ1) is 9.63. The molecule has 0 aliphatic rings. The van der Waals surface area contributed by atoms with Gasteiger partial charge in [-0.1, -0.05) is 11.6 Å². The molecule has 0 aromatic heterocycles. The summed E-state index contributed by atoms with van der Waals surface area (Å²) in [4.78, 5) is 0. The van der Waals surface area contributed by atoms with Crippen LogP contribution in [-0.2, 0) is 6.54 Å². The number of nitrogens with zero attached hydrogens (tertiary/aromatic N) is 1. The van der Waals surface area contributed by atoms with Crippen molar-refractivity contribution < 1.29 is 9.13 Å². The molecule has 102 valence electrons. The molecular formula is C15H12ClFN2O. The Hall–Kier alpha value is -2.25. The smallest absolute Gasteiger partial charge is 0.139 e. The molecule has 0 atom stereocenters. The van der Waals surface area contributed by atoms with Crippen LogP contribution in [0.25, 0.3) is 0 Å². The molecule has 0 saturated heterocycles.